The second kappa shape index (κ2) is 8.40. The van der Waals surface area contributed by atoms with Crippen molar-refractivity contribution in [1.82, 2.24) is 15.3 Å². The standard InChI is InChI=1S/C19H19ClFN5O3/c20-12-2-1-11(21)5-10(12)6-23-19(28)17-16-13(7-22-17)24-9-25-18(16)26-14-8-29-4-3-15(14)27/h1-2,5,9,14-15,27H,3-4,6-8H2,(H,23,28)(H,24,25,26)/t14-,15-/m1/s1. The largest absolute Gasteiger partial charge is 0.391 e. The lowest BCUT2D eigenvalue weighted by atomic mass is 10.1. The van der Waals surface area contributed by atoms with E-state index in [0.717, 1.165) is 0 Å². The van der Waals surface area contributed by atoms with E-state index in [9.17, 15) is 14.3 Å². The number of aliphatic imine (C=N–C) groups is 1. The van der Waals surface area contributed by atoms with Gasteiger partial charge in [-0.15, -0.1) is 0 Å². The first-order valence-electron chi connectivity index (χ1n) is 9.16. The Morgan fingerprint density at radius 2 is 2.24 bits per heavy atom. The molecule has 1 amide bonds. The fourth-order valence-corrected chi connectivity index (χ4v) is 3.48. The van der Waals surface area contributed by atoms with Crippen LogP contribution < -0.4 is 10.6 Å². The number of rotatable bonds is 5. The molecule has 0 saturated carbocycles. The molecule has 29 heavy (non-hydrogen) atoms. The molecular weight excluding hydrogens is 401 g/mol. The number of carbonyl (C=O) groups excluding carboxylic acids is 1. The van der Waals surface area contributed by atoms with E-state index in [1.807, 2.05) is 0 Å². The Morgan fingerprint density at radius 3 is 3.07 bits per heavy atom. The lowest BCUT2D eigenvalue weighted by molar-refractivity contribution is -0.114. The molecule has 1 fully saturated rings. The molecule has 0 bridgehead atoms. The van der Waals surface area contributed by atoms with E-state index in [-0.39, 0.29) is 24.8 Å². The van der Waals surface area contributed by atoms with Crippen molar-refractivity contribution >= 4 is 29.0 Å². The predicted molar refractivity (Wildman–Crippen MR) is 104 cm³/mol. The highest BCUT2D eigenvalue weighted by molar-refractivity contribution is 6.47. The van der Waals surface area contributed by atoms with Gasteiger partial charge in [-0.25, -0.2) is 14.4 Å². The topological polar surface area (TPSA) is 109 Å². The number of aliphatic hydroxyl groups excluding tert-OH is 1. The smallest absolute Gasteiger partial charge is 0.270 e. The Kier molecular flexibility index (Phi) is 5.70. The number of nitrogens with zero attached hydrogens (tertiary/aromatic N) is 3. The molecule has 1 aromatic heterocycles. The van der Waals surface area contributed by atoms with Gasteiger partial charge in [0.25, 0.3) is 5.91 Å². The van der Waals surface area contributed by atoms with Crippen molar-refractivity contribution in [1.29, 1.82) is 0 Å². The van der Waals surface area contributed by atoms with Crippen molar-refractivity contribution in [3.05, 3.63) is 52.2 Å². The molecule has 4 rings (SSSR count). The predicted octanol–water partition coefficient (Wildman–Crippen LogP) is 1.45. The van der Waals surface area contributed by atoms with Crippen LogP contribution in [0, 0.1) is 5.82 Å². The SMILES string of the molecule is O=C(NCc1cc(F)ccc1Cl)C1=NCc2ncnc(N[C@@H]3COCC[C@H]3O)c21. The molecule has 0 spiro atoms. The van der Waals surface area contributed by atoms with Crippen LogP contribution in [0.5, 0.6) is 0 Å². The summed E-state index contributed by atoms with van der Waals surface area (Å²) in [4.78, 5) is 25.5. The molecule has 3 N–H and O–H groups in total. The second-order valence-electron chi connectivity index (χ2n) is 6.81. The summed E-state index contributed by atoms with van der Waals surface area (Å²) in [6.07, 6.45) is 1.32. The van der Waals surface area contributed by atoms with E-state index in [1.165, 1.54) is 24.5 Å². The lowest BCUT2D eigenvalue weighted by Crippen LogP contribution is -2.43. The van der Waals surface area contributed by atoms with E-state index in [4.69, 9.17) is 16.3 Å². The van der Waals surface area contributed by atoms with Gasteiger partial charge < -0.3 is 20.5 Å². The van der Waals surface area contributed by atoms with E-state index < -0.39 is 17.8 Å². The number of carbonyl (C=O) groups is 1. The molecule has 0 aliphatic carbocycles. The Morgan fingerprint density at radius 1 is 1.38 bits per heavy atom. The minimum absolute atomic E-state index is 0.0510. The fourth-order valence-electron chi connectivity index (χ4n) is 3.30. The Labute approximate surface area is 171 Å². The Bertz CT molecular complexity index is 971. The number of ether oxygens (including phenoxy) is 1. The molecule has 2 atom stereocenters. The number of amides is 1. The summed E-state index contributed by atoms with van der Waals surface area (Å²) in [5, 5.41) is 16.4. The van der Waals surface area contributed by atoms with Gasteiger partial charge in [-0.05, 0) is 30.2 Å². The third kappa shape index (κ3) is 4.21. The van der Waals surface area contributed by atoms with Crippen molar-refractivity contribution < 1.29 is 19.0 Å². The molecule has 1 aromatic carbocycles. The molecular formula is C19H19ClFN5O3. The first-order valence-corrected chi connectivity index (χ1v) is 9.54. The first-order chi connectivity index (χ1) is 14.0. The van der Waals surface area contributed by atoms with Gasteiger partial charge in [0.2, 0.25) is 0 Å². The number of hydrogen-bond acceptors (Lipinski definition) is 7. The highest BCUT2D eigenvalue weighted by atomic mass is 35.5. The molecule has 10 heteroatoms. The molecule has 152 valence electrons. The molecule has 3 heterocycles. The van der Waals surface area contributed by atoms with Crippen LogP contribution in [0.15, 0.2) is 29.5 Å². The van der Waals surface area contributed by atoms with Gasteiger partial charge in [0.1, 0.15) is 23.7 Å². The maximum Gasteiger partial charge on any atom is 0.270 e. The van der Waals surface area contributed by atoms with Gasteiger partial charge in [-0.1, -0.05) is 11.6 Å². The highest BCUT2D eigenvalue weighted by Gasteiger charge is 2.30. The van der Waals surface area contributed by atoms with E-state index >= 15 is 0 Å². The minimum atomic E-state index is -0.583. The molecule has 8 nitrogen and oxygen atoms in total. The molecule has 0 unspecified atom stereocenters. The summed E-state index contributed by atoms with van der Waals surface area (Å²) in [5.74, 6) is -0.461. The maximum absolute atomic E-state index is 13.4. The number of fused-ring (bicyclic) bond motifs is 1. The van der Waals surface area contributed by atoms with Gasteiger partial charge in [0.15, 0.2) is 0 Å². The van der Waals surface area contributed by atoms with Crippen molar-refractivity contribution in [2.24, 2.45) is 4.99 Å². The Balaban J connectivity index is 1.51. The molecule has 0 radical (unpaired) electrons. The van der Waals surface area contributed by atoms with Crippen molar-refractivity contribution in [3.63, 3.8) is 0 Å². The van der Waals surface area contributed by atoms with Crippen LogP contribution in [0.25, 0.3) is 0 Å². The molecule has 2 aromatic rings. The van der Waals surface area contributed by atoms with Gasteiger partial charge in [0.05, 0.1) is 36.6 Å². The monoisotopic (exact) mass is 419 g/mol. The summed E-state index contributed by atoms with van der Waals surface area (Å²) in [6, 6.07) is 3.62. The average molecular weight is 420 g/mol. The first kappa shape index (κ1) is 19.7. The summed E-state index contributed by atoms with van der Waals surface area (Å²) in [5.41, 5.74) is 1.75. The third-order valence-corrected chi connectivity index (χ3v) is 5.22. The van der Waals surface area contributed by atoms with Gasteiger partial charge in [-0.3, -0.25) is 9.79 Å². The number of anilines is 1. The van der Waals surface area contributed by atoms with Crippen LogP contribution in [0.3, 0.4) is 0 Å². The van der Waals surface area contributed by atoms with E-state index in [2.05, 4.69) is 25.6 Å². The van der Waals surface area contributed by atoms with Crippen LogP contribution in [0.1, 0.15) is 23.2 Å². The van der Waals surface area contributed by atoms with Crippen LogP contribution in [-0.4, -0.2) is 52.1 Å². The number of nitrogens with one attached hydrogen (secondary N) is 2. The fraction of sp³-hybridized carbons (Fsp3) is 0.368. The van der Waals surface area contributed by atoms with Gasteiger partial charge in [-0.2, -0.15) is 0 Å². The summed E-state index contributed by atoms with van der Waals surface area (Å²) < 4.78 is 18.8. The van der Waals surface area contributed by atoms with E-state index in [0.29, 0.717) is 47.3 Å². The second-order valence-corrected chi connectivity index (χ2v) is 7.22. The maximum atomic E-state index is 13.4. The van der Waals surface area contributed by atoms with Gasteiger partial charge >= 0.3 is 0 Å². The molecule has 1 saturated heterocycles. The zero-order valence-corrected chi connectivity index (χ0v) is 16.1. The number of aliphatic hydroxyl groups is 1. The molecule has 2 aliphatic rings. The zero-order chi connectivity index (χ0) is 20.4. The highest BCUT2D eigenvalue weighted by Crippen LogP contribution is 2.25. The van der Waals surface area contributed by atoms with Crippen LogP contribution in [-0.2, 0) is 22.6 Å². The quantitative estimate of drug-likeness (QED) is 0.677. The molecule has 2 aliphatic heterocycles. The lowest BCUT2D eigenvalue weighted by Gasteiger charge is -2.29. The van der Waals surface area contributed by atoms with Crippen LogP contribution >= 0.6 is 11.6 Å². The summed E-state index contributed by atoms with van der Waals surface area (Å²) in [6.45, 7) is 1.13. The third-order valence-electron chi connectivity index (χ3n) is 4.85. The summed E-state index contributed by atoms with van der Waals surface area (Å²) >= 11 is 6.05. The van der Waals surface area contributed by atoms with Crippen molar-refractivity contribution in [3.8, 4) is 0 Å². The normalized spacial score (nSPS) is 20.7. The average Bonchev–Trinajstić information content (AvgIpc) is 3.15. The van der Waals surface area contributed by atoms with Crippen LogP contribution in [0.2, 0.25) is 5.02 Å². The van der Waals surface area contributed by atoms with E-state index in [1.54, 1.807) is 0 Å². The number of halogens is 2. The minimum Gasteiger partial charge on any atom is -0.391 e. The zero-order valence-electron chi connectivity index (χ0n) is 15.4. The van der Waals surface area contributed by atoms with Gasteiger partial charge in [0, 0.05) is 18.2 Å². The van der Waals surface area contributed by atoms with Crippen molar-refractivity contribution in [2.75, 3.05) is 18.5 Å². The number of hydrogen-bond donors (Lipinski definition) is 3. The Hall–Kier alpha value is -2.62. The number of aromatic nitrogens is 2. The summed E-state index contributed by atoms with van der Waals surface area (Å²) in [7, 11) is 0. The van der Waals surface area contributed by atoms with Crippen LogP contribution in [0.4, 0.5) is 10.2 Å². The van der Waals surface area contributed by atoms with Crippen molar-refractivity contribution in [2.45, 2.75) is 31.7 Å². The number of benzene rings is 1.